The molecule has 4 nitrogen and oxygen atoms in total. The number of benzene rings is 1. The van der Waals surface area contributed by atoms with Gasteiger partial charge >= 0.3 is 0 Å². The number of hydrogen-bond donors (Lipinski definition) is 0. The van der Waals surface area contributed by atoms with Gasteiger partial charge in [0.15, 0.2) is 0 Å². The molecule has 2 aromatic rings. The average Bonchev–Trinajstić information content (AvgIpc) is 3.08. The van der Waals surface area contributed by atoms with Crippen molar-refractivity contribution in [2.45, 2.75) is 57.4 Å². The van der Waals surface area contributed by atoms with Gasteiger partial charge in [-0.25, -0.2) is 4.98 Å². The van der Waals surface area contributed by atoms with Gasteiger partial charge in [0.2, 0.25) is 0 Å². The number of ether oxygens (including phenoxy) is 1. The molecule has 1 saturated carbocycles. The van der Waals surface area contributed by atoms with E-state index in [2.05, 4.69) is 40.3 Å². The van der Waals surface area contributed by atoms with E-state index in [1.807, 2.05) is 17.4 Å². The van der Waals surface area contributed by atoms with Gasteiger partial charge in [0.25, 0.3) is 0 Å². The van der Waals surface area contributed by atoms with E-state index in [0.29, 0.717) is 5.41 Å². The lowest BCUT2D eigenvalue weighted by atomic mass is 9.76. The van der Waals surface area contributed by atoms with E-state index in [1.54, 1.807) is 7.11 Å². The second-order valence-electron chi connectivity index (χ2n) is 8.55. The van der Waals surface area contributed by atoms with Crippen LogP contribution in [-0.4, -0.2) is 43.2 Å². The lowest BCUT2D eigenvalue weighted by molar-refractivity contribution is 0.280. The van der Waals surface area contributed by atoms with Crippen molar-refractivity contribution in [3.63, 3.8) is 0 Å². The number of hydrogen-bond acceptors (Lipinski definition) is 5. The summed E-state index contributed by atoms with van der Waals surface area (Å²) < 4.78 is 5.57. The van der Waals surface area contributed by atoms with Crippen LogP contribution in [0.2, 0.25) is 0 Å². The number of methoxy groups -OCH3 is 1. The van der Waals surface area contributed by atoms with Crippen molar-refractivity contribution in [1.29, 1.82) is 0 Å². The van der Waals surface area contributed by atoms with E-state index in [9.17, 15) is 0 Å². The molecule has 1 aromatic heterocycles. The molecular formula is C23H33N3OS. The molecule has 0 N–H and O–H groups in total. The fourth-order valence-corrected chi connectivity index (χ4v) is 5.73. The molecule has 28 heavy (non-hydrogen) atoms. The number of aromatic nitrogens is 1. The molecule has 2 aliphatic rings. The highest BCUT2D eigenvalue weighted by Crippen LogP contribution is 2.40. The first kappa shape index (κ1) is 19.7. The standard InChI is InChI=1S/C23H33N3OS/c1-23(11-6-3-7-12-23)22-24-19(18-28-22)17-25-13-8-14-26(16-15-25)20-9-4-5-10-21(20)27-2/h4-5,9-10,18H,3,6-8,11-17H2,1-2H3. The summed E-state index contributed by atoms with van der Waals surface area (Å²) in [4.78, 5) is 10.1. The summed E-state index contributed by atoms with van der Waals surface area (Å²) >= 11 is 1.89. The molecule has 1 aliphatic heterocycles. The van der Waals surface area contributed by atoms with E-state index in [0.717, 1.165) is 38.5 Å². The molecule has 0 amide bonds. The summed E-state index contributed by atoms with van der Waals surface area (Å²) in [6.45, 7) is 7.72. The van der Waals surface area contributed by atoms with Gasteiger partial charge in [-0.15, -0.1) is 11.3 Å². The van der Waals surface area contributed by atoms with Crippen LogP contribution >= 0.6 is 11.3 Å². The first-order valence-electron chi connectivity index (χ1n) is 10.7. The molecule has 0 unspecified atom stereocenters. The highest BCUT2D eigenvalue weighted by atomic mass is 32.1. The van der Waals surface area contributed by atoms with E-state index in [4.69, 9.17) is 9.72 Å². The first-order chi connectivity index (χ1) is 13.7. The molecule has 4 rings (SSSR count). The molecule has 2 heterocycles. The lowest BCUT2D eigenvalue weighted by Gasteiger charge is -2.31. The van der Waals surface area contributed by atoms with Crippen molar-refractivity contribution < 1.29 is 4.74 Å². The van der Waals surface area contributed by atoms with Crippen molar-refractivity contribution in [3.05, 3.63) is 40.3 Å². The summed E-state index contributed by atoms with van der Waals surface area (Å²) in [5, 5.41) is 3.67. The van der Waals surface area contributed by atoms with Crippen molar-refractivity contribution in [1.82, 2.24) is 9.88 Å². The molecule has 1 aliphatic carbocycles. The molecular weight excluding hydrogens is 366 g/mol. The van der Waals surface area contributed by atoms with Crippen LogP contribution in [0.15, 0.2) is 29.6 Å². The highest BCUT2D eigenvalue weighted by Gasteiger charge is 2.31. The molecule has 5 heteroatoms. The molecule has 1 saturated heterocycles. The quantitative estimate of drug-likeness (QED) is 0.700. The fourth-order valence-electron chi connectivity index (χ4n) is 4.69. The second-order valence-corrected chi connectivity index (χ2v) is 9.41. The number of rotatable bonds is 5. The zero-order valence-electron chi connectivity index (χ0n) is 17.3. The van der Waals surface area contributed by atoms with Gasteiger partial charge in [-0.2, -0.15) is 0 Å². The largest absolute Gasteiger partial charge is 0.495 e. The zero-order chi connectivity index (χ0) is 19.4. The molecule has 0 bridgehead atoms. The second kappa shape index (κ2) is 8.83. The number of anilines is 1. The Hall–Kier alpha value is -1.59. The molecule has 0 atom stereocenters. The highest BCUT2D eigenvalue weighted by molar-refractivity contribution is 7.09. The monoisotopic (exact) mass is 399 g/mol. The van der Waals surface area contributed by atoms with Crippen LogP contribution in [-0.2, 0) is 12.0 Å². The van der Waals surface area contributed by atoms with Gasteiger partial charge in [0, 0.05) is 43.5 Å². The minimum atomic E-state index is 0.320. The van der Waals surface area contributed by atoms with E-state index < -0.39 is 0 Å². The van der Waals surface area contributed by atoms with Gasteiger partial charge in [0.1, 0.15) is 5.75 Å². The molecule has 0 radical (unpaired) electrons. The van der Waals surface area contributed by atoms with Gasteiger partial charge in [-0.05, 0) is 31.4 Å². The van der Waals surface area contributed by atoms with Gasteiger partial charge in [-0.1, -0.05) is 38.3 Å². The van der Waals surface area contributed by atoms with Crippen LogP contribution < -0.4 is 9.64 Å². The lowest BCUT2D eigenvalue weighted by Crippen LogP contribution is -2.31. The SMILES string of the molecule is COc1ccccc1N1CCCN(Cc2csc(C3(C)CCCCC3)n2)CC1. The molecule has 1 aromatic carbocycles. The summed E-state index contributed by atoms with van der Waals surface area (Å²) in [5.41, 5.74) is 2.80. The average molecular weight is 400 g/mol. The van der Waals surface area contributed by atoms with Crippen LogP contribution in [0.3, 0.4) is 0 Å². The van der Waals surface area contributed by atoms with Crippen LogP contribution in [0.5, 0.6) is 5.75 Å². The van der Waals surface area contributed by atoms with Gasteiger partial charge in [-0.3, -0.25) is 4.90 Å². The molecule has 2 fully saturated rings. The first-order valence-corrected chi connectivity index (χ1v) is 11.6. The predicted molar refractivity (Wildman–Crippen MR) is 118 cm³/mol. The Morgan fingerprint density at radius 3 is 2.68 bits per heavy atom. The number of nitrogens with zero attached hydrogens (tertiary/aromatic N) is 3. The summed E-state index contributed by atoms with van der Waals surface area (Å²) in [6, 6.07) is 8.37. The Morgan fingerprint density at radius 1 is 1.04 bits per heavy atom. The van der Waals surface area contributed by atoms with Crippen molar-refractivity contribution in [2.75, 3.05) is 38.2 Å². The summed E-state index contributed by atoms with van der Waals surface area (Å²) in [5.74, 6) is 0.973. The van der Waals surface area contributed by atoms with E-state index >= 15 is 0 Å². The third kappa shape index (κ3) is 4.36. The Bertz CT molecular complexity index is 769. The zero-order valence-corrected chi connectivity index (χ0v) is 18.1. The third-order valence-corrected chi connectivity index (χ3v) is 7.62. The van der Waals surface area contributed by atoms with Crippen LogP contribution in [0.1, 0.15) is 56.2 Å². The fraction of sp³-hybridized carbons (Fsp3) is 0.609. The Balaban J connectivity index is 1.38. The number of para-hydroxylation sites is 2. The summed E-state index contributed by atoms with van der Waals surface area (Å²) in [6.07, 6.45) is 7.89. The smallest absolute Gasteiger partial charge is 0.142 e. The maximum Gasteiger partial charge on any atom is 0.142 e. The molecule has 152 valence electrons. The van der Waals surface area contributed by atoms with Crippen LogP contribution in [0.25, 0.3) is 0 Å². The van der Waals surface area contributed by atoms with E-state index in [-0.39, 0.29) is 0 Å². The topological polar surface area (TPSA) is 28.6 Å². The van der Waals surface area contributed by atoms with Gasteiger partial charge in [0.05, 0.1) is 23.5 Å². The van der Waals surface area contributed by atoms with Gasteiger partial charge < -0.3 is 9.64 Å². The third-order valence-electron chi connectivity index (χ3n) is 6.43. The maximum absolute atomic E-state index is 5.57. The van der Waals surface area contributed by atoms with E-state index in [1.165, 1.54) is 54.9 Å². The molecule has 0 spiro atoms. The maximum atomic E-state index is 5.57. The number of thiazole rings is 1. The minimum Gasteiger partial charge on any atom is -0.495 e. The van der Waals surface area contributed by atoms with Crippen LogP contribution in [0.4, 0.5) is 5.69 Å². The summed E-state index contributed by atoms with van der Waals surface area (Å²) in [7, 11) is 1.76. The van der Waals surface area contributed by atoms with Crippen molar-refractivity contribution >= 4 is 17.0 Å². The van der Waals surface area contributed by atoms with Crippen LogP contribution in [0, 0.1) is 0 Å². The van der Waals surface area contributed by atoms with Crippen molar-refractivity contribution in [3.8, 4) is 5.75 Å². The predicted octanol–water partition coefficient (Wildman–Crippen LogP) is 5.09. The normalized spacial score (nSPS) is 20.7. The minimum absolute atomic E-state index is 0.320. The Labute approximate surface area is 173 Å². The Morgan fingerprint density at radius 2 is 1.86 bits per heavy atom. The Kier molecular flexibility index (Phi) is 6.22. The van der Waals surface area contributed by atoms with Crippen molar-refractivity contribution in [2.24, 2.45) is 0 Å².